The molecule has 0 unspecified atom stereocenters. The van der Waals surface area contributed by atoms with Crippen molar-refractivity contribution in [3.8, 4) is 0 Å². The molecule has 5 nitrogen and oxygen atoms in total. The summed E-state index contributed by atoms with van der Waals surface area (Å²) in [6.07, 6.45) is 0. The Morgan fingerprint density at radius 2 is 1.60 bits per heavy atom. The van der Waals surface area contributed by atoms with Crippen molar-refractivity contribution in [3.05, 3.63) is 48.0 Å². The van der Waals surface area contributed by atoms with Gasteiger partial charge in [0.2, 0.25) is 9.84 Å². The minimum atomic E-state index is -3.81. The highest BCUT2D eigenvalue weighted by Gasteiger charge is 2.25. The number of nitrogens with two attached hydrogens (primary N) is 2. The second-order valence-electron chi connectivity index (χ2n) is 4.31. The quantitative estimate of drug-likeness (QED) is 0.663. The van der Waals surface area contributed by atoms with Gasteiger partial charge in [-0.25, -0.2) is 8.42 Å². The van der Waals surface area contributed by atoms with Crippen LogP contribution in [0.1, 0.15) is 17.3 Å². The SMILES string of the molecule is CC(=O)c1c(S(=O)(=O)c2ccccc2)ccc(N)c1N. The van der Waals surface area contributed by atoms with Gasteiger partial charge in [-0.05, 0) is 31.2 Å². The summed E-state index contributed by atoms with van der Waals surface area (Å²) in [7, 11) is -3.81. The minimum absolute atomic E-state index is 0.00509. The van der Waals surface area contributed by atoms with Crippen LogP contribution in [0, 0.1) is 0 Å². The van der Waals surface area contributed by atoms with E-state index in [1.54, 1.807) is 18.2 Å². The van der Waals surface area contributed by atoms with E-state index >= 15 is 0 Å². The molecule has 2 rings (SSSR count). The maximum atomic E-state index is 12.6. The van der Waals surface area contributed by atoms with E-state index in [0.717, 1.165) is 0 Å². The second-order valence-corrected chi connectivity index (χ2v) is 6.23. The number of Topliss-reactive ketones (excluding diaryl/α,β-unsaturated/α-hetero) is 1. The van der Waals surface area contributed by atoms with E-state index in [4.69, 9.17) is 11.5 Å². The molecule has 4 N–H and O–H groups in total. The van der Waals surface area contributed by atoms with Crippen LogP contribution < -0.4 is 11.5 Å². The van der Waals surface area contributed by atoms with E-state index in [9.17, 15) is 13.2 Å². The maximum absolute atomic E-state index is 12.6. The zero-order chi connectivity index (χ0) is 14.9. The Balaban J connectivity index is 2.77. The normalized spacial score (nSPS) is 11.2. The summed E-state index contributed by atoms with van der Waals surface area (Å²) < 4.78 is 25.1. The highest BCUT2D eigenvalue weighted by molar-refractivity contribution is 7.91. The minimum Gasteiger partial charge on any atom is -0.397 e. The summed E-state index contributed by atoms with van der Waals surface area (Å²) in [5.41, 5.74) is 11.5. The largest absolute Gasteiger partial charge is 0.397 e. The van der Waals surface area contributed by atoms with Crippen LogP contribution in [0.2, 0.25) is 0 Å². The summed E-state index contributed by atoms with van der Waals surface area (Å²) in [4.78, 5) is 11.7. The number of carbonyl (C=O) groups is 1. The van der Waals surface area contributed by atoms with Crippen LogP contribution in [0.4, 0.5) is 11.4 Å². The highest BCUT2D eigenvalue weighted by Crippen LogP contribution is 2.31. The van der Waals surface area contributed by atoms with Crippen molar-refractivity contribution >= 4 is 27.0 Å². The van der Waals surface area contributed by atoms with Crippen molar-refractivity contribution < 1.29 is 13.2 Å². The summed E-state index contributed by atoms with van der Waals surface area (Å²) in [5.74, 6) is -0.440. The van der Waals surface area contributed by atoms with Crippen molar-refractivity contribution in [1.29, 1.82) is 0 Å². The van der Waals surface area contributed by atoms with Crippen LogP contribution >= 0.6 is 0 Å². The van der Waals surface area contributed by atoms with Gasteiger partial charge in [0, 0.05) is 0 Å². The zero-order valence-electron chi connectivity index (χ0n) is 10.8. The molecule has 0 aliphatic carbocycles. The number of hydrogen-bond donors (Lipinski definition) is 2. The van der Waals surface area contributed by atoms with Gasteiger partial charge < -0.3 is 11.5 Å². The third-order valence-corrected chi connectivity index (χ3v) is 4.75. The molecule has 0 bridgehead atoms. The standard InChI is InChI=1S/C14H14N2O3S/c1-9(17)13-12(8-7-11(15)14(13)16)20(18,19)10-5-3-2-4-6-10/h2-8H,15-16H2,1H3. The molecule has 0 spiro atoms. The molecule has 0 radical (unpaired) electrons. The molecule has 2 aromatic carbocycles. The molecule has 6 heteroatoms. The van der Waals surface area contributed by atoms with Gasteiger partial charge in [0.1, 0.15) is 0 Å². The third kappa shape index (κ3) is 2.25. The first-order chi connectivity index (χ1) is 9.35. The van der Waals surface area contributed by atoms with Crippen LogP contribution in [0.15, 0.2) is 52.3 Å². The number of ketones is 1. The Kier molecular flexibility index (Phi) is 3.50. The Labute approximate surface area is 117 Å². The maximum Gasteiger partial charge on any atom is 0.207 e. The zero-order valence-corrected chi connectivity index (χ0v) is 11.6. The lowest BCUT2D eigenvalue weighted by molar-refractivity contribution is 0.101. The predicted molar refractivity (Wildman–Crippen MR) is 77.2 cm³/mol. The Hall–Kier alpha value is -2.34. The molecule has 0 saturated heterocycles. The van der Waals surface area contributed by atoms with Gasteiger partial charge in [0.25, 0.3) is 0 Å². The third-order valence-electron chi connectivity index (χ3n) is 2.94. The fourth-order valence-corrected chi connectivity index (χ4v) is 3.47. The first-order valence-corrected chi connectivity index (χ1v) is 7.33. The van der Waals surface area contributed by atoms with Crippen LogP contribution in [0.25, 0.3) is 0 Å². The molecular weight excluding hydrogens is 276 g/mol. The Bertz CT molecular complexity index is 769. The fourth-order valence-electron chi connectivity index (χ4n) is 1.93. The van der Waals surface area contributed by atoms with Crippen molar-refractivity contribution in [3.63, 3.8) is 0 Å². The number of rotatable bonds is 3. The molecule has 20 heavy (non-hydrogen) atoms. The molecule has 0 fully saturated rings. The van der Waals surface area contributed by atoms with Crippen molar-refractivity contribution in [2.24, 2.45) is 0 Å². The molecule has 0 aromatic heterocycles. The molecule has 2 aromatic rings. The summed E-state index contributed by atoms with van der Waals surface area (Å²) in [5, 5.41) is 0. The van der Waals surface area contributed by atoms with Gasteiger partial charge in [-0.1, -0.05) is 18.2 Å². The average Bonchev–Trinajstić information content (AvgIpc) is 2.42. The number of nitrogen functional groups attached to an aromatic ring is 2. The summed E-state index contributed by atoms with van der Waals surface area (Å²) in [6, 6.07) is 10.6. The second kappa shape index (κ2) is 4.97. The van der Waals surface area contributed by atoms with Gasteiger partial charge >= 0.3 is 0 Å². The molecule has 0 aliphatic rings. The molecule has 0 heterocycles. The summed E-state index contributed by atoms with van der Waals surface area (Å²) in [6.45, 7) is 1.26. The topological polar surface area (TPSA) is 103 Å². The van der Waals surface area contributed by atoms with Gasteiger partial charge in [-0.15, -0.1) is 0 Å². The lowest BCUT2D eigenvalue weighted by atomic mass is 10.1. The molecular formula is C14H14N2O3S. The van der Waals surface area contributed by atoms with Crippen molar-refractivity contribution in [2.45, 2.75) is 16.7 Å². The lowest BCUT2D eigenvalue weighted by Gasteiger charge is -2.12. The van der Waals surface area contributed by atoms with Crippen LogP contribution in [0.5, 0.6) is 0 Å². The van der Waals surface area contributed by atoms with E-state index in [0.29, 0.717) is 0 Å². The number of hydrogen-bond acceptors (Lipinski definition) is 5. The first-order valence-electron chi connectivity index (χ1n) is 5.84. The van der Waals surface area contributed by atoms with E-state index in [-0.39, 0.29) is 26.7 Å². The van der Waals surface area contributed by atoms with E-state index in [2.05, 4.69) is 0 Å². The number of sulfone groups is 1. The molecule has 0 atom stereocenters. The Morgan fingerprint density at radius 3 is 2.15 bits per heavy atom. The van der Waals surface area contributed by atoms with Gasteiger partial charge in [0.15, 0.2) is 5.78 Å². The van der Waals surface area contributed by atoms with Crippen LogP contribution in [-0.4, -0.2) is 14.2 Å². The molecule has 0 amide bonds. The number of anilines is 2. The molecule has 0 aliphatic heterocycles. The number of carbonyl (C=O) groups excluding carboxylic acids is 1. The average molecular weight is 290 g/mol. The van der Waals surface area contributed by atoms with Gasteiger partial charge in [-0.3, -0.25) is 4.79 Å². The van der Waals surface area contributed by atoms with Crippen LogP contribution in [-0.2, 0) is 9.84 Å². The van der Waals surface area contributed by atoms with Gasteiger partial charge in [0.05, 0.1) is 26.7 Å². The highest BCUT2D eigenvalue weighted by atomic mass is 32.2. The van der Waals surface area contributed by atoms with Crippen LogP contribution in [0.3, 0.4) is 0 Å². The smallest absolute Gasteiger partial charge is 0.207 e. The predicted octanol–water partition coefficient (Wildman–Crippen LogP) is 1.89. The van der Waals surface area contributed by atoms with Crippen molar-refractivity contribution in [1.82, 2.24) is 0 Å². The Morgan fingerprint density at radius 1 is 1.00 bits per heavy atom. The first kappa shape index (κ1) is 14.1. The van der Waals surface area contributed by atoms with E-state index in [1.807, 2.05) is 0 Å². The molecule has 0 saturated carbocycles. The van der Waals surface area contributed by atoms with E-state index < -0.39 is 15.6 Å². The molecule has 104 valence electrons. The summed E-state index contributed by atoms with van der Waals surface area (Å²) >= 11 is 0. The number of benzene rings is 2. The van der Waals surface area contributed by atoms with Crippen molar-refractivity contribution in [2.75, 3.05) is 11.5 Å². The lowest BCUT2D eigenvalue weighted by Crippen LogP contribution is -2.12. The monoisotopic (exact) mass is 290 g/mol. The van der Waals surface area contributed by atoms with E-state index in [1.165, 1.54) is 31.2 Å². The fraction of sp³-hybridized carbons (Fsp3) is 0.0714. The van der Waals surface area contributed by atoms with Gasteiger partial charge in [-0.2, -0.15) is 0 Å².